The van der Waals surface area contributed by atoms with Crippen molar-refractivity contribution in [2.45, 2.75) is 26.5 Å². The number of nitrogens with zero attached hydrogens (tertiary/aromatic N) is 3. The Labute approximate surface area is 141 Å². The second-order valence-electron chi connectivity index (χ2n) is 6.09. The van der Waals surface area contributed by atoms with Crippen LogP contribution in [0.25, 0.3) is 5.65 Å². The average Bonchev–Trinajstić information content (AvgIpc) is 2.98. The normalized spacial score (nSPS) is 12.8. The molecule has 24 heavy (non-hydrogen) atoms. The molecule has 2 heterocycles. The first-order valence-corrected chi connectivity index (χ1v) is 8.19. The summed E-state index contributed by atoms with van der Waals surface area (Å²) in [5.74, 6) is 0.172. The summed E-state index contributed by atoms with van der Waals surface area (Å²) < 4.78 is 2.03. The first kappa shape index (κ1) is 16.5. The molecule has 0 bridgehead atoms. The van der Waals surface area contributed by atoms with Crippen LogP contribution in [-0.4, -0.2) is 37.6 Å². The molecule has 3 aromatic rings. The quantitative estimate of drug-likeness (QED) is 0.731. The molecular weight excluding hydrogens is 302 g/mol. The number of imidazole rings is 1. The summed E-state index contributed by atoms with van der Waals surface area (Å²) >= 11 is 0. The molecule has 1 atom stereocenters. The van der Waals surface area contributed by atoms with E-state index in [0.29, 0.717) is 13.1 Å². The SMILES string of the molecule is CCN(Cc1cn2cccc(C)c2n1)C[C@H](O)c1cccc(O)c1. The number of phenolic OH excluding ortho intramolecular Hbond substituents is 1. The third-order valence-electron chi connectivity index (χ3n) is 4.25. The number of pyridine rings is 1. The molecule has 0 radical (unpaired) electrons. The summed E-state index contributed by atoms with van der Waals surface area (Å²) in [6, 6.07) is 10.8. The van der Waals surface area contributed by atoms with Crippen molar-refractivity contribution in [3.8, 4) is 5.75 Å². The van der Waals surface area contributed by atoms with Crippen LogP contribution in [0.15, 0.2) is 48.8 Å². The number of aromatic hydroxyl groups is 1. The van der Waals surface area contributed by atoms with E-state index in [-0.39, 0.29) is 5.75 Å². The number of aryl methyl sites for hydroxylation is 1. The van der Waals surface area contributed by atoms with E-state index in [1.54, 1.807) is 18.2 Å². The van der Waals surface area contributed by atoms with Gasteiger partial charge in [-0.3, -0.25) is 4.90 Å². The highest BCUT2D eigenvalue weighted by Gasteiger charge is 2.15. The van der Waals surface area contributed by atoms with Crippen molar-refractivity contribution in [3.63, 3.8) is 0 Å². The van der Waals surface area contributed by atoms with E-state index in [1.165, 1.54) is 0 Å². The summed E-state index contributed by atoms with van der Waals surface area (Å²) in [5.41, 5.74) is 3.82. The topological polar surface area (TPSA) is 61.0 Å². The maximum absolute atomic E-state index is 10.4. The Balaban J connectivity index is 1.72. The monoisotopic (exact) mass is 325 g/mol. The van der Waals surface area contributed by atoms with E-state index >= 15 is 0 Å². The highest BCUT2D eigenvalue weighted by Crippen LogP contribution is 2.20. The van der Waals surface area contributed by atoms with E-state index in [1.807, 2.05) is 28.9 Å². The molecule has 2 aromatic heterocycles. The number of likely N-dealkylation sites (N-methyl/N-ethyl adjacent to an activating group) is 1. The van der Waals surface area contributed by atoms with E-state index in [9.17, 15) is 10.2 Å². The fourth-order valence-electron chi connectivity index (χ4n) is 2.90. The largest absolute Gasteiger partial charge is 0.508 e. The number of hydrogen-bond donors (Lipinski definition) is 2. The number of fused-ring (bicyclic) bond motifs is 1. The molecule has 5 heteroatoms. The number of benzene rings is 1. The van der Waals surface area contributed by atoms with Gasteiger partial charge in [-0.05, 0) is 42.8 Å². The third kappa shape index (κ3) is 3.58. The van der Waals surface area contributed by atoms with Gasteiger partial charge < -0.3 is 14.6 Å². The number of hydrogen-bond acceptors (Lipinski definition) is 4. The van der Waals surface area contributed by atoms with Crippen molar-refractivity contribution in [1.29, 1.82) is 0 Å². The van der Waals surface area contributed by atoms with Gasteiger partial charge in [0.15, 0.2) is 0 Å². The fraction of sp³-hybridized carbons (Fsp3) is 0.316. The van der Waals surface area contributed by atoms with Crippen LogP contribution in [0.1, 0.15) is 29.8 Å². The molecule has 0 fully saturated rings. The van der Waals surface area contributed by atoms with Gasteiger partial charge in [0.25, 0.3) is 0 Å². The summed E-state index contributed by atoms with van der Waals surface area (Å²) in [5, 5.41) is 20.0. The molecule has 0 amide bonds. The highest BCUT2D eigenvalue weighted by molar-refractivity contribution is 5.47. The molecule has 0 spiro atoms. The molecule has 0 aliphatic heterocycles. The molecule has 0 saturated carbocycles. The lowest BCUT2D eigenvalue weighted by atomic mass is 10.1. The van der Waals surface area contributed by atoms with Gasteiger partial charge in [0.2, 0.25) is 0 Å². The van der Waals surface area contributed by atoms with Gasteiger partial charge in [-0.25, -0.2) is 4.98 Å². The molecule has 0 aliphatic carbocycles. The molecule has 3 rings (SSSR count). The van der Waals surface area contributed by atoms with Crippen LogP contribution >= 0.6 is 0 Å². The van der Waals surface area contributed by atoms with Gasteiger partial charge in [0, 0.05) is 25.5 Å². The van der Waals surface area contributed by atoms with Crippen LogP contribution in [-0.2, 0) is 6.54 Å². The Kier molecular flexibility index (Phi) is 4.83. The van der Waals surface area contributed by atoms with E-state index in [4.69, 9.17) is 4.98 Å². The molecule has 126 valence electrons. The summed E-state index contributed by atoms with van der Waals surface area (Å²) in [7, 11) is 0. The van der Waals surface area contributed by atoms with E-state index < -0.39 is 6.10 Å². The molecule has 0 aliphatic rings. The van der Waals surface area contributed by atoms with E-state index in [2.05, 4.69) is 24.8 Å². The van der Waals surface area contributed by atoms with Crippen LogP contribution in [0, 0.1) is 6.92 Å². The standard InChI is InChI=1S/C19H23N3O2/c1-3-21(13-18(24)15-7-4-8-17(23)10-15)11-16-12-22-9-5-6-14(2)19(22)20-16/h4-10,12,18,23-24H,3,11,13H2,1-2H3/t18-/m0/s1. The predicted molar refractivity (Wildman–Crippen MR) is 93.9 cm³/mol. The summed E-state index contributed by atoms with van der Waals surface area (Å²) in [6.07, 6.45) is 3.39. The fourth-order valence-corrected chi connectivity index (χ4v) is 2.90. The second-order valence-corrected chi connectivity index (χ2v) is 6.09. The Hall–Kier alpha value is -2.37. The van der Waals surface area contributed by atoms with Crippen molar-refractivity contribution in [2.75, 3.05) is 13.1 Å². The van der Waals surface area contributed by atoms with Crippen molar-refractivity contribution in [1.82, 2.24) is 14.3 Å². The van der Waals surface area contributed by atoms with E-state index in [0.717, 1.165) is 29.0 Å². The third-order valence-corrected chi connectivity index (χ3v) is 4.25. The zero-order valence-corrected chi connectivity index (χ0v) is 14.1. The van der Waals surface area contributed by atoms with Gasteiger partial charge in [0.1, 0.15) is 11.4 Å². The van der Waals surface area contributed by atoms with Crippen molar-refractivity contribution >= 4 is 5.65 Å². The van der Waals surface area contributed by atoms with Crippen molar-refractivity contribution in [2.24, 2.45) is 0 Å². The van der Waals surface area contributed by atoms with Crippen LogP contribution in [0.4, 0.5) is 0 Å². The first-order chi connectivity index (χ1) is 11.6. The van der Waals surface area contributed by atoms with Gasteiger partial charge in [0.05, 0.1) is 11.8 Å². The molecule has 1 aromatic carbocycles. The molecule has 2 N–H and O–H groups in total. The Morgan fingerprint density at radius 2 is 2.08 bits per heavy atom. The van der Waals surface area contributed by atoms with Crippen LogP contribution in [0.2, 0.25) is 0 Å². The second kappa shape index (κ2) is 7.03. The van der Waals surface area contributed by atoms with Gasteiger partial charge in [-0.1, -0.05) is 25.1 Å². The average molecular weight is 325 g/mol. The maximum atomic E-state index is 10.4. The molecular formula is C19H23N3O2. The Morgan fingerprint density at radius 3 is 2.79 bits per heavy atom. The highest BCUT2D eigenvalue weighted by atomic mass is 16.3. The number of aliphatic hydroxyl groups is 1. The number of phenols is 1. The summed E-state index contributed by atoms with van der Waals surface area (Å²) in [4.78, 5) is 6.84. The first-order valence-electron chi connectivity index (χ1n) is 8.19. The minimum absolute atomic E-state index is 0.172. The Morgan fingerprint density at radius 1 is 1.25 bits per heavy atom. The number of rotatable bonds is 6. The van der Waals surface area contributed by atoms with Crippen molar-refractivity contribution < 1.29 is 10.2 Å². The molecule has 0 unspecified atom stereocenters. The van der Waals surface area contributed by atoms with Crippen LogP contribution < -0.4 is 0 Å². The molecule has 5 nitrogen and oxygen atoms in total. The lowest BCUT2D eigenvalue weighted by Gasteiger charge is -2.23. The minimum atomic E-state index is -0.643. The van der Waals surface area contributed by atoms with Crippen LogP contribution in [0.5, 0.6) is 5.75 Å². The number of aliphatic hydroxyl groups excluding tert-OH is 1. The lowest BCUT2D eigenvalue weighted by molar-refractivity contribution is 0.111. The van der Waals surface area contributed by atoms with Gasteiger partial charge >= 0.3 is 0 Å². The smallest absolute Gasteiger partial charge is 0.139 e. The lowest BCUT2D eigenvalue weighted by Crippen LogP contribution is -2.28. The van der Waals surface area contributed by atoms with Crippen LogP contribution in [0.3, 0.4) is 0 Å². The number of aromatic nitrogens is 2. The summed E-state index contributed by atoms with van der Waals surface area (Å²) in [6.45, 7) is 6.09. The maximum Gasteiger partial charge on any atom is 0.139 e. The Bertz CT molecular complexity index is 828. The van der Waals surface area contributed by atoms with Gasteiger partial charge in [-0.2, -0.15) is 0 Å². The zero-order chi connectivity index (χ0) is 17.1. The zero-order valence-electron chi connectivity index (χ0n) is 14.1. The predicted octanol–water partition coefficient (Wildman–Crippen LogP) is 2.90. The minimum Gasteiger partial charge on any atom is -0.508 e. The molecule has 0 saturated heterocycles. The van der Waals surface area contributed by atoms with Crippen molar-refractivity contribution in [3.05, 3.63) is 65.6 Å². The van der Waals surface area contributed by atoms with Gasteiger partial charge in [-0.15, -0.1) is 0 Å².